The summed E-state index contributed by atoms with van der Waals surface area (Å²) in [6, 6.07) is 4.94. The maximum absolute atomic E-state index is 11.3. The minimum absolute atomic E-state index is 0.0524. The number of nitrogens with zero attached hydrogens (tertiary/aromatic N) is 1. The van der Waals surface area contributed by atoms with Gasteiger partial charge in [0.1, 0.15) is 5.69 Å². The molecule has 2 atom stereocenters. The molecule has 0 aliphatic heterocycles. The van der Waals surface area contributed by atoms with Crippen LogP contribution in [0, 0.1) is 10.1 Å². The average molecular weight is 300 g/mol. The van der Waals surface area contributed by atoms with Crippen molar-refractivity contribution in [3.05, 3.63) is 28.3 Å². The van der Waals surface area contributed by atoms with Crippen molar-refractivity contribution in [2.24, 2.45) is 0 Å². The van der Waals surface area contributed by atoms with Crippen molar-refractivity contribution in [2.45, 2.75) is 25.5 Å². The summed E-state index contributed by atoms with van der Waals surface area (Å²) in [7, 11) is -0.888. The van der Waals surface area contributed by atoms with E-state index in [2.05, 4.69) is 5.32 Å². The third-order valence-corrected chi connectivity index (χ3v) is 4.28. The summed E-state index contributed by atoms with van der Waals surface area (Å²) in [6.45, 7) is 4.57. The van der Waals surface area contributed by atoms with Gasteiger partial charge in [-0.2, -0.15) is 0 Å². The Labute approximate surface area is 121 Å². The highest BCUT2D eigenvalue weighted by atomic mass is 32.2. The molecular formula is C13H20N2O4S. The first-order chi connectivity index (χ1) is 9.47. The number of ether oxygens (including phenoxy) is 1. The third-order valence-electron chi connectivity index (χ3n) is 2.91. The van der Waals surface area contributed by atoms with Crippen molar-refractivity contribution in [3.63, 3.8) is 0 Å². The molecule has 0 aliphatic rings. The number of nitrogens with one attached hydrogen (secondary N) is 1. The van der Waals surface area contributed by atoms with E-state index in [0.717, 1.165) is 0 Å². The maximum atomic E-state index is 11.3. The Balaban J connectivity index is 2.81. The first-order valence-corrected chi connectivity index (χ1v) is 8.05. The van der Waals surface area contributed by atoms with E-state index in [1.165, 1.54) is 0 Å². The van der Waals surface area contributed by atoms with Gasteiger partial charge >= 0.3 is 5.69 Å². The van der Waals surface area contributed by atoms with Gasteiger partial charge in [-0.1, -0.05) is 13.0 Å². The number of para-hydroxylation sites is 1. The zero-order valence-electron chi connectivity index (χ0n) is 11.9. The zero-order valence-corrected chi connectivity index (χ0v) is 12.7. The van der Waals surface area contributed by atoms with Crippen LogP contribution in [0.2, 0.25) is 0 Å². The molecule has 0 aliphatic carbocycles. The van der Waals surface area contributed by atoms with Crippen LogP contribution in [0.3, 0.4) is 0 Å². The van der Waals surface area contributed by atoms with E-state index in [4.69, 9.17) is 4.74 Å². The number of nitro groups is 1. The number of benzene rings is 1. The Morgan fingerprint density at radius 1 is 1.50 bits per heavy atom. The predicted octanol–water partition coefficient (Wildman–Crippen LogP) is 2.56. The lowest BCUT2D eigenvalue weighted by Crippen LogP contribution is -2.15. The molecule has 0 bridgehead atoms. The normalized spacial score (nSPS) is 13.6. The average Bonchev–Trinajstić information content (AvgIpc) is 2.38. The monoisotopic (exact) mass is 300 g/mol. The van der Waals surface area contributed by atoms with Crippen LogP contribution in [-0.4, -0.2) is 33.8 Å². The van der Waals surface area contributed by atoms with Crippen molar-refractivity contribution in [1.82, 2.24) is 0 Å². The van der Waals surface area contributed by atoms with Crippen molar-refractivity contribution < 1.29 is 13.9 Å². The standard InChI is InChI=1S/C13H20N2O4S/c1-4-19-12-7-5-6-11(13(12)15(16)17)14-9-8-10(2)20(3)18/h5-7,10,14H,4,8-9H2,1-3H3. The number of nitro benzene ring substituents is 1. The fourth-order valence-electron chi connectivity index (χ4n) is 1.70. The maximum Gasteiger partial charge on any atom is 0.333 e. The van der Waals surface area contributed by atoms with Crippen LogP contribution < -0.4 is 10.1 Å². The quantitative estimate of drug-likeness (QED) is 0.589. The molecule has 0 radical (unpaired) electrons. The molecule has 0 heterocycles. The van der Waals surface area contributed by atoms with Crippen LogP contribution in [0.4, 0.5) is 11.4 Å². The van der Waals surface area contributed by atoms with E-state index >= 15 is 0 Å². The van der Waals surface area contributed by atoms with Crippen molar-refractivity contribution >= 4 is 22.2 Å². The summed E-state index contributed by atoms with van der Waals surface area (Å²) in [5.74, 6) is 0.259. The minimum Gasteiger partial charge on any atom is -0.487 e. The summed E-state index contributed by atoms with van der Waals surface area (Å²) in [6.07, 6.45) is 2.34. The van der Waals surface area contributed by atoms with Crippen molar-refractivity contribution in [2.75, 3.05) is 24.7 Å². The van der Waals surface area contributed by atoms with E-state index in [1.807, 2.05) is 6.92 Å². The van der Waals surface area contributed by atoms with Gasteiger partial charge in [-0.15, -0.1) is 0 Å². The largest absolute Gasteiger partial charge is 0.487 e. The molecule has 20 heavy (non-hydrogen) atoms. The second-order valence-electron chi connectivity index (χ2n) is 4.37. The minimum atomic E-state index is -0.888. The lowest BCUT2D eigenvalue weighted by molar-refractivity contribution is -0.384. The fraction of sp³-hybridized carbons (Fsp3) is 0.538. The smallest absolute Gasteiger partial charge is 0.333 e. The van der Waals surface area contributed by atoms with Gasteiger partial charge in [0, 0.05) is 28.9 Å². The van der Waals surface area contributed by atoms with E-state index in [0.29, 0.717) is 25.3 Å². The first kappa shape index (κ1) is 16.4. The second-order valence-corrected chi connectivity index (χ2v) is 6.17. The molecule has 0 fully saturated rings. The molecule has 112 valence electrons. The predicted molar refractivity (Wildman–Crippen MR) is 80.9 cm³/mol. The summed E-state index contributed by atoms with van der Waals surface area (Å²) in [4.78, 5) is 10.7. The summed E-state index contributed by atoms with van der Waals surface area (Å²) in [5.41, 5.74) is 0.370. The Hall–Kier alpha value is -1.63. The van der Waals surface area contributed by atoms with Crippen molar-refractivity contribution in [1.29, 1.82) is 0 Å². The molecule has 0 spiro atoms. The summed E-state index contributed by atoms with van der Waals surface area (Å²) >= 11 is 0. The van der Waals surface area contributed by atoms with Gasteiger partial charge in [-0.25, -0.2) is 0 Å². The molecule has 6 nitrogen and oxygen atoms in total. The van der Waals surface area contributed by atoms with E-state index < -0.39 is 15.7 Å². The molecule has 2 unspecified atom stereocenters. The van der Waals surface area contributed by atoms with E-state index in [1.54, 1.807) is 31.4 Å². The Morgan fingerprint density at radius 2 is 2.20 bits per heavy atom. The fourth-order valence-corrected chi connectivity index (χ4v) is 2.15. The Kier molecular flexibility index (Phi) is 6.44. The van der Waals surface area contributed by atoms with Gasteiger partial charge < -0.3 is 10.1 Å². The third kappa shape index (κ3) is 4.48. The van der Waals surface area contributed by atoms with Gasteiger partial charge in [0.25, 0.3) is 0 Å². The van der Waals surface area contributed by atoms with Gasteiger partial charge in [0.2, 0.25) is 0 Å². The molecule has 1 N–H and O–H groups in total. The number of anilines is 1. The topological polar surface area (TPSA) is 81.5 Å². The molecule has 1 rings (SSSR count). The van der Waals surface area contributed by atoms with Crippen molar-refractivity contribution in [3.8, 4) is 5.75 Å². The first-order valence-electron chi connectivity index (χ1n) is 6.43. The highest BCUT2D eigenvalue weighted by Crippen LogP contribution is 2.34. The molecule has 0 saturated carbocycles. The zero-order chi connectivity index (χ0) is 15.1. The molecular weight excluding hydrogens is 280 g/mol. The lowest BCUT2D eigenvalue weighted by Gasteiger charge is -2.12. The van der Waals surface area contributed by atoms with Crippen LogP contribution in [0.25, 0.3) is 0 Å². The molecule has 0 amide bonds. The molecule has 0 aromatic heterocycles. The van der Waals surface area contributed by atoms with Gasteiger partial charge in [-0.3, -0.25) is 14.3 Å². The SMILES string of the molecule is CCOc1cccc(NCCC(C)S(C)=O)c1[N+](=O)[O-]. The molecule has 0 saturated heterocycles. The molecule has 1 aromatic rings. The van der Waals surface area contributed by atoms with Crippen LogP contribution in [-0.2, 0) is 10.8 Å². The van der Waals surface area contributed by atoms with Gasteiger partial charge in [0.05, 0.1) is 11.5 Å². The van der Waals surface area contributed by atoms with Crippen LogP contribution in [0.1, 0.15) is 20.3 Å². The summed E-state index contributed by atoms with van der Waals surface area (Å²) in [5, 5.41) is 14.2. The Bertz CT molecular complexity index is 493. The molecule has 7 heteroatoms. The highest BCUT2D eigenvalue weighted by Gasteiger charge is 2.20. The number of rotatable bonds is 8. The Morgan fingerprint density at radius 3 is 2.75 bits per heavy atom. The lowest BCUT2D eigenvalue weighted by atomic mass is 10.2. The van der Waals surface area contributed by atoms with E-state index in [9.17, 15) is 14.3 Å². The molecule has 1 aromatic carbocycles. The van der Waals surface area contributed by atoms with E-state index in [-0.39, 0.29) is 16.7 Å². The number of hydrogen-bond donors (Lipinski definition) is 1. The van der Waals surface area contributed by atoms with Crippen LogP contribution in [0.5, 0.6) is 5.75 Å². The number of hydrogen-bond acceptors (Lipinski definition) is 5. The highest BCUT2D eigenvalue weighted by molar-refractivity contribution is 7.84. The summed E-state index contributed by atoms with van der Waals surface area (Å²) < 4.78 is 16.5. The van der Waals surface area contributed by atoms with Crippen LogP contribution >= 0.6 is 0 Å². The van der Waals surface area contributed by atoms with Gasteiger partial charge in [0.15, 0.2) is 5.75 Å². The second kappa shape index (κ2) is 7.84. The van der Waals surface area contributed by atoms with Crippen LogP contribution in [0.15, 0.2) is 18.2 Å². The van der Waals surface area contributed by atoms with Gasteiger partial charge in [-0.05, 0) is 25.5 Å².